The largest absolute Gasteiger partial charge is 0.467 e. The Hall–Kier alpha value is -4.20. The van der Waals surface area contributed by atoms with E-state index in [1.807, 2.05) is 12.1 Å². The lowest BCUT2D eigenvalue weighted by Gasteiger charge is -2.22. The van der Waals surface area contributed by atoms with Crippen LogP contribution in [-0.2, 0) is 13.1 Å². The Morgan fingerprint density at radius 2 is 1.93 bits per heavy atom. The van der Waals surface area contributed by atoms with Crippen molar-refractivity contribution in [1.82, 2.24) is 19.7 Å². The number of carbonyl (C=O) groups excluding carboxylic acids is 1. The number of aromatic amines is 1. The summed E-state index contributed by atoms with van der Waals surface area (Å²) >= 11 is 0. The number of carbonyl (C=O) groups is 1. The molecule has 0 radical (unpaired) electrons. The quantitative estimate of drug-likeness (QED) is 0.534. The summed E-state index contributed by atoms with van der Waals surface area (Å²) in [7, 11) is 0. The highest BCUT2D eigenvalue weighted by atomic mass is 16.3. The van der Waals surface area contributed by atoms with Gasteiger partial charge in [0.25, 0.3) is 17.0 Å². The zero-order valence-electron chi connectivity index (χ0n) is 15.9. The van der Waals surface area contributed by atoms with E-state index in [1.54, 1.807) is 60.0 Å². The molecule has 0 unspecified atom stereocenters. The maximum absolute atomic E-state index is 13.3. The molecule has 3 heterocycles. The third kappa shape index (κ3) is 4.27. The molecule has 3 aromatic heterocycles. The van der Waals surface area contributed by atoms with Crippen molar-refractivity contribution in [3.05, 3.63) is 117 Å². The first-order valence-electron chi connectivity index (χ1n) is 9.23. The van der Waals surface area contributed by atoms with Crippen LogP contribution in [0.4, 0.5) is 0 Å². The highest BCUT2D eigenvalue weighted by Crippen LogP contribution is 2.16. The van der Waals surface area contributed by atoms with Gasteiger partial charge < -0.3 is 9.32 Å². The van der Waals surface area contributed by atoms with E-state index in [9.17, 15) is 14.4 Å². The minimum absolute atomic E-state index is 0.247. The number of amides is 1. The second kappa shape index (κ2) is 8.44. The van der Waals surface area contributed by atoms with Crippen molar-refractivity contribution in [1.29, 1.82) is 0 Å². The molecule has 150 valence electrons. The number of rotatable bonds is 6. The molecule has 0 fully saturated rings. The fourth-order valence-corrected chi connectivity index (χ4v) is 3.08. The van der Waals surface area contributed by atoms with Gasteiger partial charge >= 0.3 is 0 Å². The van der Waals surface area contributed by atoms with Gasteiger partial charge in [-0.05, 0) is 42.0 Å². The van der Waals surface area contributed by atoms with Crippen molar-refractivity contribution >= 4 is 5.91 Å². The zero-order chi connectivity index (χ0) is 20.9. The number of H-pyrrole nitrogens is 1. The average Bonchev–Trinajstić information content (AvgIpc) is 3.28. The van der Waals surface area contributed by atoms with E-state index in [1.165, 1.54) is 6.07 Å². The van der Waals surface area contributed by atoms with Gasteiger partial charge in [-0.25, -0.2) is 4.68 Å². The summed E-state index contributed by atoms with van der Waals surface area (Å²) in [6.07, 6.45) is 4.93. The Balaban J connectivity index is 1.68. The number of aromatic nitrogens is 3. The van der Waals surface area contributed by atoms with E-state index in [-0.39, 0.29) is 12.5 Å². The first kappa shape index (κ1) is 19.1. The minimum Gasteiger partial charge on any atom is -0.467 e. The molecule has 0 saturated heterocycles. The monoisotopic (exact) mass is 402 g/mol. The topological polar surface area (TPSA) is 101 Å². The summed E-state index contributed by atoms with van der Waals surface area (Å²) in [5.74, 6) is 0.399. The number of hydrogen-bond acceptors (Lipinski definition) is 5. The molecule has 0 aliphatic carbocycles. The Bertz CT molecular complexity index is 1260. The molecule has 30 heavy (non-hydrogen) atoms. The summed E-state index contributed by atoms with van der Waals surface area (Å²) in [5.41, 5.74) is 0.823. The van der Waals surface area contributed by atoms with Gasteiger partial charge in [0.15, 0.2) is 0 Å². The first-order chi connectivity index (χ1) is 14.6. The van der Waals surface area contributed by atoms with Crippen LogP contribution >= 0.6 is 0 Å². The molecule has 0 atom stereocenters. The van der Waals surface area contributed by atoms with Gasteiger partial charge in [-0.15, -0.1) is 0 Å². The molecular weight excluding hydrogens is 384 g/mol. The molecular formula is C22H18N4O4. The lowest BCUT2D eigenvalue weighted by Crippen LogP contribution is -2.30. The maximum Gasteiger partial charge on any atom is 0.269 e. The van der Waals surface area contributed by atoms with Crippen molar-refractivity contribution in [2.45, 2.75) is 13.1 Å². The lowest BCUT2D eigenvalue weighted by molar-refractivity contribution is 0.0717. The third-order valence-corrected chi connectivity index (χ3v) is 4.48. The van der Waals surface area contributed by atoms with Gasteiger partial charge in [0.05, 0.1) is 18.5 Å². The molecule has 8 nitrogen and oxygen atoms in total. The predicted molar refractivity (Wildman–Crippen MR) is 109 cm³/mol. The summed E-state index contributed by atoms with van der Waals surface area (Å²) < 4.78 is 6.52. The van der Waals surface area contributed by atoms with Crippen LogP contribution in [0.3, 0.4) is 0 Å². The molecule has 0 aliphatic rings. The zero-order valence-corrected chi connectivity index (χ0v) is 15.9. The lowest BCUT2D eigenvalue weighted by atomic mass is 10.1. The smallest absolute Gasteiger partial charge is 0.269 e. The number of nitrogens with one attached hydrogen (secondary N) is 1. The van der Waals surface area contributed by atoms with Gasteiger partial charge in [-0.3, -0.25) is 24.5 Å². The van der Waals surface area contributed by atoms with Crippen LogP contribution in [0.25, 0.3) is 5.69 Å². The number of pyridine rings is 1. The Morgan fingerprint density at radius 1 is 1.03 bits per heavy atom. The average molecular weight is 402 g/mol. The van der Waals surface area contributed by atoms with Crippen LogP contribution in [-0.4, -0.2) is 25.6 Å². The summed E-state index contributed by atoms with van der Waals surface area (Å²) in [6.45, 7) is 0.604. The van der Waals surface area contributed by atoms with Crippen LogP contribution in [0.5, 0.6) is 0 Å². The summed E-state index contributed by atoms with van der Waals surface area (Å²) in [6, 6.07) is 16.1. The van der Waals surface area contributed by atoms with Crippen LogP contribution in [0.2, 0.25) is 0 Å². The Morgan fingerprint density at radius 3 is 2.70 bits per heavy atom. The molecule has 4 aromatic rings. The van der Waals surface area contributed by atoms with Crippen LogP contribution in [0.1, 0.15) is 21.7 Å². The fraction of sp³-hybridized carbons (Fsp3) is 0.0909. The normalized spacial score (nSPS) is 10.7. The first-order valence-corrected chi connectivity index (χ1v) is 9.23. The maximum atomic E-state index is 13.3. The van der Waals surface area contributed by atoms with Gasteiger partial charge in [0, 0.05) is 36.6 Å². The highest BCUT2D eigenvalue weighted by molar-refractivity contribution is 5.94. The minimum atomic E-state index is -0.414. The van der Waals surface area contributed by atoms with Crippen molar-refractivity contribution in [2.24, 2.45) is 0 Å². The molecule has 1 N–H and O–H groups in total. The molecule has 1 amide bonds. The van der Waals surface area contributed by atoms with E-state index >= 15 is 0 Å². The van der Waals surface area contributed by atoms with E-state index in [0.717, 1.165) is 16.3 Å². The third-order valence-electron chi connectivity index (χ3n) is 4.48. The Labute approximate surface area is 171 Å². The van der Waals surface area contributed by atoms with Gasteiger partial charge in [-0.1, -0.05) is 12.1 Å². The van der Waals surface area contributed by atoms with Gasteiger partial charge in [-0.2, -0.15) is 0 Å². The molecule has 4 rings (SSSR count). The van der Waals surface area contributed by atoms with E-state index in [0.29, 0.717) is 23.6 Å². The van der Waals surface area contributed by atoms with Gasteiger partial charge in [0.1, 0.15) is 5.76 Å². The van der Waals surface area contributed by atoms with Crippen LogP contribution < -0.4 is 11.1 Å². The molecule has 8 heteroatoms. The highest BCUT2D eigenvalue weighted by Gasteiger charge is 2.19. The standard InChI is InChI=1S/C22H18N4O4/c27-20-8-9-21(28)26(24-20)18-6-1-5-17(12-18)22(29)25(15-19-7-3-11-30-19)14-16-4-2-10-23-13-16/h1-13H,14-15H2,(H,24,27). The van der Waals surface area contributed by atoms with Crippen LogP contribution in [0.15, 0.2) is 93.3 Å². The van der Waals surface area contributed by atoms with E-state index in [4.69, 9.17) is 4.42 Å². The number of nitrogens with zero attached hydrogens (tertiary/aromatic N) is 3. The van der Waals surface area contributed by atoms with Crippen molar-refractivity contribution in [2.75, 3.05) is 0 Å². The van der Waals surface area contributed by atoms with E-state index in [2.05, 4.69) is 10.1 Å². The van der Waals surface area contributed by atoms with Crippen molar-refractivity contribution < 1.29 is 9.21 Å². The van der Waals surface area contributed by atoms with Crippen molar-refractivity contribution in [3.63, 3.8) is 0 Å². The van der Waals surface area contributed by atoms with Crippen molar-refractivity contribution in [3.8, 4) is 5.69 Å². The van der Waals surface area contributed by atoms with Crippen LogP contribution in [0, 0.1) is 0 Å². The Kier molecular flexibility index (Phi) is 5.38. The number of furan rings is 1. The van der Waals surface area contributed by atoms with E-state index < -0.39 is 11.1 Å². The molecule has 0 aliphatic heterocycles. The fourth-order valence-electron chi connectivity index (χ4n) is 3.08. The molecule has 0 bridgehead atoms. The number of benzene rings is 1. The SMILES string of the molecule is O=C(c1cccc(-n2[nH]c(=O)ccc2=O)c1)N(Cc1cccnc1)Cc1ccco1. The summed E-state index contributed by atoms with van der Waals surface area (Å²) in [5, 5.41) is 2.46. The number of hydrogen-bond donors (Lipinski definition) is 1. The predicted octanol–water partition coefficient (Wildman–Crippen LogP) is 2.36. The second-order valence-electron chi connectivity index (χ2n) is 6.64. The van der Waals surface area contributed by atoms with Gasteiger partial charge in [0.2, 0.25) is 0 Å². The molecule has 0 saturated carbocycles. The molecule has 0 spiro atoms. The second-order valence-corrected chi connectivity index (χ2v) is 6.64. The summed E-state index contributed by atoms with van der Waals surface area (Å²) in [4.78, 5) is 42.8. The molecule has 1 aromatic carbocycles.